The first-order valence-electron chi connectivity index (χ1n) is 7.15. The maximum absolute atomic E-state index is 11.5. The molecule has 8 heteroatoms. The van der Waals surface area contributed by atoms with Gasteiger partial charge in [-0.05, 0) is 25.0 Å². The van der Waals surface area contributed by atoms with Gasteiger partial charge in [-0.2, -0.15) is 4.68 Å². The maximum Gasteiger partial charge on any atom is 0.308 e. The van der Waals surface area contributed by atoms with E-state index in [2.05, 4.69) is 10.3 Å². The molecule has 0 radical (unpaired) electrons. The largest absolute Gasteiger partial charge is 0.466 e. The van der Waals surface area contributed by atoms with E-state index >= 15 is 0 Å². The Bertz CT molecular complexity index is 766. The molecule has 2 aromatic rings. The van der Waals surface area contributed by atoms with Crippen LogP contribution in [0.2, 0.25) is 0 Å². The summed E-state index contributed by atoms with van der Waals surface area (Å²) in [5, 5.41) is 7.65. The number of esters is 2. The topological polar surface area (TPSA) is 100 Å². The fourth-order valence-corrected chi connectivity index (χ4v) is 2.14. The maximum atomic E-state index is 11.5. The fourth-order valence-electron chi connectivity index (χ4n) is 2.14. The van der Waals surface area contributed by atoms with Gasteiger partial charge in [0.1, 0.15) is 11.3 Å². The lowest BCUT2D eigenvalue weighted by atomic mass is 10.1. The van der Waals surface area contributed by atoms with E-state index in [1.54, 1.807) is 13.0 Å². The van der Waals surface area contributed by atoms with Crippen molar-refractivity contribution in [2.24, 2.45) is 0 Å². The van der Waals surface area contributed by atoms with E-state index < -0.39 is 5.97 Å². The molecule has 23 heavy (non-hydrogen) atoms. The molecule has 0 unspecified atom stereocenters. The fraction of sp³-hybridized carbons (Fsp3) is 0.400. The molecule has 0 N–H and O–H groups in total. The lowest BCUT2D eigenvalue weighted by Gasteiger charge is -2.09. The average Bonchev–Trinajstić information content (AvgIpc) is 2.87. The highest BCUT2D eigenvalue weighted by molar-refractivity contribution is 5.89. The molecule has 0 saturated heterocycles. The Morgan fingerprint density at radius 1 is 1.22 bits per heavy atom. The summed E-state index contributed by atoms with van der Waals surface area (Å²) in [6.45, 7) is 4.68. The van der Waals surface area contributed by atoms with Crippen molar-refractivity contribution in [2.45, 2.75) is 33.6 Å². The van der Waals surface area contributed by atoms with E-state index in [0.29, 0.717) is 35.4 Å². The van der Waals surface area contributed by atoms with Crippen LogP contribution in [-0.2, 0) is 20.7 Å². The van der Waals surface area contributed by atoms with Crippen molar-refractivity contribution in [1.29, 1.82) is 0 Å². The van der Waals surface area contributed by atoms with Crippen LogP contribution in [0, 0.1) is 0 Å². The van der Waals surface area contributed by atoms with Crippen molar-refractivity contribution >= 4 is 28.9 Å². The Morgan fingerprint density at radius 3 is 2.57 bits per heavy atom. The van der Waals surface area contributed by atoms with E-state index in [-0.39, 0.29) is 18.3 Å². The highest BCUT2D eigenvalue weighted by Gasteiger charge is 2.16. The first-order chi connectivity index (χ1) is 10.9. The van der Waals surface area contributed by atoms with E-state index in [0.717, 1.165) is 4.68 Å². The molecule has 0 fully saturated rings. The normalized spacial score (nSPS) is 10.6. The minimum atomic E-state index is -0.485. The van der Waals surface area contributed by atoms with Crippen molar-refractivity contribution in [3.8, 4) is 5.75 Å². The number of carbonyl (C=O) groups is 3. The van der Waals surface area contributed by atoms with Crippen LogP contribution in [0.3, 0.4) is 0 Å². The molecule has 0 aliphatic rings. The van der Waals surface area contributed by atoms with Crippen LogP contribution < -0.4 is 4.74 Å². The van der Waals surface area contributed by atoms with Gasteiger partial charge in [0.05, 0.1) is 12.1 Å². The van der Waals surface area contributed by atoms with Gasteiger partial charge in [-0.25, -0.2) is 0 Å². The quantitative estimate of drug-likeness (QED) is 0.608. The van der Waals surface area contributed by atoms with Gasteiger partial charge in [-0.1, -0.05) is 5.21 Å². The van der Waals surface area contributed by atoms with E-state index in [9.17, 15) is 14.4 Å². The zero-order chi connectivity index (χ0) is 17.0. The van der Waals surface area contributed by atoms with Gasteiger partial charge >= 0.3 is 11.9 Å². The molecule has 8 nitrogen and oxygen atoms in total. The van der Waals surface area contributed by atoms with Crippen molar-refractivity contribution in [1.82, 2.24) is 15.0 Å². The molecule has 0 amide bonds. The van der Waals surface area contributed by atoms with Crippen LogP contribution in [0.1, 0.15) is 37.6 Å². The Balaban J connectivity index is 2.40. The van der Waals surface area contributed by atoms with Crippen LogP contribution in [0.5, 0.6) is 5.75 Å². The average molecular weight is 319 g/mol. The first-order valence-corrected chi connectivity index (χ1v) is 7.15. The lowest BCUT2D eigenvalue weighted by Crippen LogP contribution is -2.09. The SMILES string of the molecule is CCOC(=O)CCc1cc2c(cc1OC(C)=O)nnn2C(C)=O. The highest BCUT2D eigenvalue weighted by Crippen LogP contribution is 2.26. The molecule has 2 rings (SSSR count). The second-order valence-corrected chi connectivity index (χ2v) is 4.87. The summed E-state index contributed by atoms with van der Waals surface area (Å²) < 4.78 is 11.2. The number of hydrogen-bond donors (Lipinski definition) is 0. The number of benzene rings is 1. The summed E-state index contributed by atoms with van der Waals surface area (Å²) in [6, 6.07) is 3.18. The van der Waals surface area contributed by atoms with Crippen LogP contribution in [0.25, 0.3) is 11.0 Å². The minimum absolute atomic E-state index is 0.134. The third kappa shape index (κ3) is 3.91. The molecule has 122 valence electrons. The van der Waals surface area contributed by atoms with Crippen LogP contribution in [0.4, 0.5) is 0 Å². The van der Waals surface area contributed by atoms with Crippen molar-refractivity contribution < 1.29 is 23.9 Å². The molecule has 0 aliphatic heterocycles. The Morgan fingerprint density at radius 2 is 1.96 bits per heavy atom. The van der Waals surface area contributed by atoms with Crippen molar-refractivity contribution in [2.75, 3.05) is 6.61 Å². The number of hydrogen-bond acceptors (Lipinski definition) is 7. The summed E-state index contributed by atoms with van der Waals surface area (Å²) in [7, 11) is 0. The molecule has 1 heterocycles. The Hall–Kier alpha value is -2.77. The number of aromatic nitrogens is 3. The summed E-state index contributed by atoms with van der Waals surface area (Å²) in [5.41, 5.74) is 1.52. The van der Waals surface area contributed by atoms with Crippen molar-refractivity contribution in [3.05, 3.63) is 17.7 Å². The zero-order valence-electron chi connectivity index (χ0n) is 13.2. The van der Waals surface area contributed by atoms with Gasteiger partial charge in [-0.3, -0.25) is 14.4 Å². The van der Waals surface area contributed by atoms with Gasteiger partial charge in [0.25, 0.3) is 0 Å². The van der Waals surface area contributed by atoms with E-state index in [4.69, 9.17) is 9.47 Å². The third-order valence-corrected chi connectivity index (χ3v) is 3.08. The van der Waals surface area contributed by atoms with E-state index in [1.165, 1.54) is 19.9 Å². The number of carbonyl (C=O) groups excluding carboxylic acids is 3. The van der Waals surface area contributed by atoms with Gasteiger partial charge in [0, 0.05) is 26.3 Å². The van der Waals surface area contributed by atoms with Gasteiger partial charge in [0.2, 0.25) is 5.91 Å². The molecule has 0 atom stereocenters. The second-order valence-electron chi connectivity index (χ2n) is 4.87. The van der Waals surface area contributed by atoms with Crippen LogP contribution >= 0.6 is 0 Å². The molecule has 0 bridgehead atoms. The molecule has 1 aromatic heterocycles. The number of nitrogens with zero attached hydrogens (tertiary/aromatic N) is 3. The minimum Gasteiger partial charge on any atom is -0.466 e. The van der Waals surface area contributed by atoms with Gasteiger partial charge < -0.3 is 9.47 Å². The second kappa shape index (κ2) is 6.99. The number of ether oxygens (including phenoxy) is 2. The number of rotatable bonds is 5. The number of aryl methyl sites for hydroxylation is 1. The number of fused-ring (bicyclic) bond motifs is 1. The zero-order valence-corrected chi connectivity index (χ0v) is 13.2. The van der Waals surface area contributed by atoms with Crippen molar-refractivity contribution in [3.63, 3.8) is 0 Å². The molecule has 0 spiro atoms. The van der Waals surface area contributed by atoms with Gasteiger partial charge in [-0.15, -0.1) is 5.10 Å². The predicted octanol–water partition coefficient (Wildman–Crippen LogP) is 1.51. The summed E-state index contributed by atoms with van der Waals surface area (Å²) >= 11 is 0. The summed E-state index contributed by atoms with van der Waals surface area (Å²) in [5.74, 6) is -0.825. The summed E-state index contributed by atoms with van der Waals surface area (Å²) in [6.07, 6.45) is 0.440. The molecular formula is C15H17N3O5. The van der Waals surface area contributed by atoms with Crippen LogP contribution in [0.15, 0.2) is 12.1 Å². The Kier molecular flexibility index (Phi) is 5.05. The lowest BCUT2D eigenvalue weighted by molar-refractivity contribution is -0.143. The smallest absolute Gasteiger partial charge is 0.308 e. The van der Waals surface area contributed by atoms with Crippen LogP contribution in [-0.4, -0.2) is 39.4 Å². The monoisotopic (exact) mass is 319 g/mol. The highest BCUT2D eigenvalue weighted by atomic mass is 16.5. The molecule has 1 aromatic carbocycles. The van der Waals surface area contributed by atoms with E-state index in [1.807, 2.05) is 0 Å². The first kappa shape index (κ1) is 16.6. The standard InChI is InChI=1S/C15H17N3O5/c1-4-22-15(21)6-5-11-7-13-12(8-14(11)23-10(3)20)16-17-18(13)9(2)19/h7-8H,4-6H2,1-3H3. The molecule has 0 saturated carbocycles. The third-order valence-electron chi connectivity index (χ3n) is 3.08. The molecule has 0 aliphatic carbocycles. The summed E-state index contributed by atoms with van der Waals surface area (Å²) in [4.78, 5) is 34.3. The molecular weight excluding hydrogens is 302 g/mol. The predicted molar refractivity (Wildman–Crippen MR) is 80.1 cm³/mol. The van der Waals surface area contributed by atoms with Gasteiger partial charge in [0.15, 0.2) is 0 Å². The Labute approximate surface area is 132 Å².